The average Bonchev–Trinajstić information content (AvgIpc) is 3.24. The van der Waals surface area contributed by atoms with Gasteiger partial charge in [0.15, 0.2) is 5.82 Å². The summed E-state index contributed by atoms with van der Waals surface area (Å²) >= 11 is 0. The van der Waals surface area contributed by atoms with Gasteiger partial charge in [-0.1, -0.05) is 29.4 Å². The first-order chi connectivity index (χ1) is 10.3. The molecule has 1 N–H and O–H groups in total. The van der Waals surface area contributed by atoms with Gasteiger partial charge in [-0.05, 0) is 30.0 Å². The highest BCUT2D eigenvalue weighted by Crippen LogP contribution is 2.33. The van der Waals surface area contributed by atoms with Crippen LogP contribution >= 0.6 is 0 Å². The number of nitrogens with one attached hydrogen (secondary N) is 1. The molecule has 102 valence electrons. The van der Waals surface area contributed by atoms with Crippen molar-refractivity contribution in [2.75, 3.05) is 0 Å². The minimum absolute atomic E-state index is 0.272. The highest BCUT2D eigenvalue weighted by Gasteiger charge is 2.26. The lowest BCUT2D eigenvalue weighted by molar-refractivity contribution is 0.416. The molecule has 0 aliphatic heterocycles. The summed E-state index contributed by atoms with van der Waals surface area (Å²) in [5.74, 6) is 1.47. The molecular formula is C16H12N4O. The summed E-state index contributed by atoms with van der Waals surface area (Å²) in [5, 5.41) is 12.9. The molecule has 0 radical (unpaired) electrons. The van der Waals surface area contributed by atoms with Crippen LogP contribution in [0, 0.1) is 11.3 Å². The number of fused-ring (bicyclic) bond motifs is 1. The lowest BCUT2D eigenvalue weighted by Gasteiger charge is -2.00. The van der Waals surface area contributed by atoms with E-state index in [1.807, 2.05) is 6.07 Å². The van der Waals surface area contributed by atoms with Crippen LogP contribution in [0.15, 0.2) is 41.1 Å². The molecule has 1 aromatic carbocycles. The predicted octanol–water partition coefficient (Wildman–Crippen LogP) is 2.82. The zero-order valence-corrected chi connectivity index (χ0v) is 11.2. The van der Waals surface area contributed by atoms with Crippen LogP contribution in [0.1, 0.15) is 28.6 Å². The van der Waals surface area contributed by atoms with E-state index in [-0.39, 0.29) is 5.92 Å². The van der Waals surface area contributed by atoms with E-state index in [4.69, 9.17) is 9.78 Å². The number of aromatic amines is 1. The molecule has 0 spiro atoms. The largest absolute Gasteiger partial charge is 0.352 e. The van der Waals surface area contributed by atoms with Crippen LogP contribution in [-0.4, -0.2) is 15.1 Å². The topological polar surface area (TPSA) is 78.5 Å². The molecule has 0 bridgehead atoms. The van der Waals surface area contributed by atoms with Crippen LogP contribution in [0.25, 0.3) is 11.5 Å². The zero-order chi connectivity index (χ0) is 14.2. The molecule has 5 heteroatoms. The van der Waals surface area contributed by atoms with Crippen molar-refractivity contribution in [2.45, 2.75) is 18.8 Å². The van der Waals surface area contributed by atoms with E-state index in [2.05, 4.69) is 39.4 Å². The molecule has 1 aliphatic rings. The summed E-state index contributed by atoms with van der Waals surface area (Å²) in [4.78, 5) is 7.34. The molecule has 0 unspecified atom stereocenters. The molecule has 0 fully saturated rings. The molecule has 0 saturated heterocycles. The third-order valence-electron chi connectivity index (χ3n) is 3.91. The summed E-state index contributed by atoms with van der Waals surface area (Å²) in [5.41, 5.74) is 3.96. The van der Waals surface area contributed by atoms with Gasteiger partial charge >= 0.3 is 0 Å². The maximum absolute atomic E-state index is 8.83. The van der Waals surface area contributed by atoms with E-state index in [0.717, 1.165) is 24.2 Å². The summed E-state index contributed by atoms with van der Waals surface area (Å²) < 4.78 is 5.33. The fourth-order valence-corrected chi connectivity index (χ4v) is 2.84. The summed E-state index contributed by atoms with van der Waals surface area (Å²) in [6.07, 6.45) is 3.61. The van der Waals surface area contributed by atoms with Gasteiger partial charge in [0.1, 0.15) is 11.8 Å². The Morgan fingerprint density at radius 2 is 2.00 bits per heavy atom. The van der Waals surface area contributed by atoms with Gasteiger partial charge in [0.05, 0.1) is 5.56 Å². The maximum atomic E-state index is 8.83. The second kappa shape index (κ2) is 4.60. The van der Waals surface area contributed by atoms with Crippen molar-refractivity contribution in [3.05, 3.63) is 59.2 Å². The zero-order valence-electron chi connectivity index (χ0n) is 11.2. The van der Waals surface area contributed by atoms with E-state index < -0.39 is 0 Å². The Kier molecular flexibility index (Phi) is 2.61. The molecule has 1 aliphatic carbocycles. The van der Waals surface area contributed by atoms with Crippen molar-refractivity contribution in [3.8, 4) is 17.5 Å². The highest BCUT2D eigenvalue weighted by atomic mass is 16.5. The van der Waals surface area contributed by atoms with Crippen molar-refractivity contribution in [1.29, 1.82) is 5.26 Å². The molecule has 0 saturated carbocycles. The fourth-order valence-electron chi connectivity index (χ4n) is 2.84. The molecule has 0 amide bonds. The number of hydrogen-bond donors (Lipinski definition) is 1. The molecule has 4 rings (SSSR count). The first kappa shape index (κ1) is 11.9. The Morgan fingerprint density at radius 3 is 2.67 bits per heavy atom. The van der Waals surface area contributed by atoms with Crippen LogP contribution in [0.5, 0.6) is 0 Å². The van der Waals surface area contributed by atoms with Crippen LogP contribution in [0.3, 0.4) is 0 Å². The van der Waals surface area contributed by atoms with E-state index in [1.165, 1.54) is 11.1 Å². The van der Waals surface area contributed by atoms with Crippen molar-refractivity contribution in [3.63, 3.8) is 0 Å². The molecule has 21 heavy (non-hydrogen) atoms. The Bertz CT molecular complexity index is 815. The van der Waals surface area contributed by atoms with E-state index in [0.29, 0.717) is 11.6 Å². The van der Waals surface area contributed by atoms with Crippen LogP contribution in [0.2, 0.25) is 0 Å². The summed E-state index contributed by atoms with van der Waals surface area (Å²) in [6, 6.07) is 12.2. The first-order valence-electron chi connectivity index (χ1n) is 6.83. The number of nitriles is 1. The Balaban J connectivity index is 1.60. The number of hydrogen-bond acceptors (Lipinski definition) is 4. The molecular weight excluding hydrogens is 264 g/mol. The number of nitrogens with zero attached hydrogens (tertiary/aromatic N) is 3. The molecule has 2 aromatic heterocycles. The van der Waals surface area contributed by atoms with Crippen molar-refractivity contribution >= 4 is 0 Å². The van der Waals surface area contributed by atoms with Gasteiger partial charge in [-0.15, -0.1) is 0 Å². The van der Waals surface area contributed by atoms with Crippen LogP contribution in [0.4, 0.5) is 0 Å². The van der Waals surface area contributed by atoms with Crippen LogP contribution < -0.4 is 0 Å². The van der Waals surface area contributed by atoms with Crippen molar-refractivity contribution in [1.82, 2.24) is 15.1 Å². The predicted molar refractivity (Wildman–Crippen MR) is 75.4 cm³/mol. The minimum Gasteiger partial charge on any atom is -0.352 e. The molecule has 2 heterocycles. The Hall–Kier alpha value is -2.87. The number of rotatable bonds is 2. The van der Waals surface area contributed by atoms with E-state index in [1.54, 1.807) is 12.3 Å². The van der Waals surface area contributed by atoms with Gasteiger partial charge in [-0.3, -0.25) is 0 Å². The maximum Gasteiger partial charge on any atom is 0.259 e. The fraction of sp³-hybridized carbons (Fsp3) is 0.188. The van der Waals surface area contributed by atoms with Gasteiger partial charge in [0, 0.05) is 12.1 Å². The van der Waals surface area contributed by atoms with Crippen LogP contribution in [-0.2, 0) is 12.8 Å². The number of benzene rings is 1. The Morgan fingerprint density at radius 1 is 1.24 bits per heavy atom. The Labute approximate surface area is 121 Å². The monoisotopic (exact) mass is 276 g/mol. The first-order valence-corrected chi connectivity index (χ1v) is 6.83. The third-order valence-corrected chi connectivity index (χ3v) is 3.91. The normalized spacial score (nSPS) is 14.0. The number of H-pyrrole nitrogens is 1. The number of aromatic nitrogens is 3. The standard InChI is InChI=1S/C16H12N4O/c17-8-14-7-13(9-18-14)16-19-15(20-21-16)12-5-10-3-1-2-4-11(10)6-12/h1-4,7,9,12,18H,5-6H2. The summed E-state index contributed by atoms with van der Waals surface area (Å²) in [6.45, 7) is 0. The minimum atomic E-state index is 0.272. The van der Waals surface area contributed by atoms with Gasteiger partial charge < -0.3 is 9.51 Å². The second-order valence-electron chi connectivity index (χ2n) is 5.25. The smallest absolute Gasteiger partial charge is 0.259 e. The molecule has 0 atom stereocenters. The van der Waals surface area contributed by atoms with Gasteiger partial charge in [0.2, 0.25) is 0 Å². The van der Waals surface area contributed by atoms with Gasteiger partial charge in [0.25, 0.3) is 5.89 Å². The lowest BCUT2D eigenvalue weighted by Crippen LogP contribution is -2.00. The van der Waals surface area contributed by atoms with E-state index >= 15 is 0 Å². The van der Waals surface area contributed by atoms with Crippen molar-refractivity contribution < 1.29 is 4.52 Å². The van der Waals surface area contributed by atoms with E-state index in [9.17, 15) is 0 Å². The molecule has 3 aromatic rings. The SMILES string of the molecule is N#Cc1cc(-c2nc(C3Cc4ccccc4C3)no2)c[nH]1. The molecule has 5 nitrogen and oxygen atoms in total. The average molecular weight is 276 g/mol. The van der Waals surface area contributed by atoms with Crippen molar-refractivity contribution in [2.24, 2.45) is 0 Å². The lowest BCUT2D eigenvalue weighted by atomic mass is 10.1. The van der Waals surface area contributed by atoms with Gasteiger partial charge in [-0.25, -0.2) is 0 Å². The quantitative estimate of drug-likeness (QED) is 0.780. The third kappa shape index (κ3) is 2.01. The van der Waals surface area contributed by atoms with Gasteiger partial charge in [-0.2, -0.15) is 10.2 Å². The summed E-state index contributed by atoms with van der Waals surface area (Å²) in [7, 11) is 0. The highest BCUT2D eigenvalue weighted by molar-refractivity contribution is 5.54. The second-order valence-corrected chi connectivity index (χ2v) is 5.25.